The molecule has 0 spiro atoms. The summed E-state index contributed by atoms with van der Waals surface area (Å²) in [6.07, 6.45) is 0. The van der Waals surface area contributed by atoms with E-state index in [0.717, 1.165) is 5.06 Å². The lowest BCUT2D eigenvalue weighted by molar-refractivity contribution is -0.201. The van der Waals surface area contributed by atoms with Crippen molar-refractivity contribution < 1.29 is 14.7 Å². The number of hydrogen-bond donors (Lipinski definition) is 1. The SMILES string of the molecule is CCON(CO)C(C)=O. The zero-order valence-corrected chi connectivity index (χ0v) is 5.63. The Morgan fingerprint density at radius 2 is 2.33 bits per heavy atom. The van der Waals surface area contributed by atoms with Crippen molar-refractivity contribution in [2.24, 2.45) is 0 Å². The highest BCUT2D eigenvalue weighted by molar-refractivity contribution is 5.71. The maximum Gasteiger partial charge on any atom is 0.245 e. The number of carbonyl (C=O) groups is 1. The number of hydrogen-bond acceptors (Lipinski definition) is 3. The van der Waals surface area contributed by atoms with Crippen molar-refractivity contribution in [3.63, 3.8) is 0 Å². The minimum absolute atomic E-state index is 0.292. The van der Waals surface area contributed by atoms with E-state index in [1.807, 2.05) is 0 Å². The van der Waals surface area contributed by atoms with Crippen LogP contribution in [-0.4, -0.2) is 29.4 Å². The Balaban J connectivity index is 3.54. The second kappa shape index (κ2) is 4.29. The molecule has 1 amide bonds. The number of aliphatic hydroxyl groups is 1. The summed E-state index contributed by atoms with van der Waals surface area (Å²) in [5.74, 6) is -0.292. The molecule has 0 aromatic rings. The Morgan fingerprint density at radius 1 is 1.78 bits per heavy atom. The predicted molar refractivity (Wildman–Crippen MR) is 31.2 cm³/mol. The molecule has 0 aliphatic heterocycles. The topological polar surface area (TPSA) is 49.8 Å². The largest absolute Gasteiger partial charge is 0.374 e. The van der Waals surface area contributed by atoms with Crippen LogP contribution in [0.1, 0.15) is 13.8 Å². The van der Waals surface area contributed by atoms with E-state index >= 15 is 0 Å². The fourth-order valence-corrected chi connectivity index (χ4v) is 0.387. The highest BCUT2D eigenvalue weighted by atomic mass is 16.7. The Kier molecular flexibility index (Phi) is 4.00. The number of nitrogens with zero attached hydrogens (tertiary/aromatic N) is 1. The van der Waals surface area contributed by atoms with Crippen molar-refractivity contribution in [2.45, 2.75) is 13.8 Å². The van der Waals surface area contributed by atoms with Crippen molar-refractivity contribution in [1.29, 1.82) is 0 Å². The molecular weight excluding hydrogens is 122 g/mol. The average Bonchev–Trinajstić information content (AvgIpc) is 1.82. The van der Waals surface area contributed by atoms with Crippen molar-refractivity contribution in [1.82, 2.24) is 5.06 Å². The molecule has 0 aliphatic rings. The lowest BCUT2D eigenvalue weighted by Gasteiger charge is -2.14. The fourth-order valence-electron chi connectivity index (χ4n) is 0.387. The van der Waals surface area contributed by atoms with Gasteiger partial charge in [-0.15, -0.1) is 0 Å². The average molecular weight is 133 g/mol. The van der Waals surface area contributed by atoms with E-state index in [2.05, 4.69) is 4.84 Å². The molecule has 0 unspecified atom stereocenters. The van der Waals surface area contributed by atoms with Crippen LogP contribution in [0.5, 0.6) is 0 Å². The second-order valence-electron chi connectivity index (χ2n) is 1.46. The lowest BCUT2D eigenvalue weighted by atomic mass is 10.7. The van der Waals surface area contributed by atoms with Gasteiger partial charge in [0.1, 0.15) is 6.73 Å². The minimum Gasteiger partial charge on any atom is -0.374 e. The molecule has 0 heterocycles. The van der Waals surface area contributed by atoms with Gasteiger partial charge in [0.05, 0.1) is 6.61 Å². The third-order valence-electron chi connectivity index (χ3n) is 0.765. The van der Waals surface area contributed by atoms with Crippen LogP contribution in [0.15, 0.2) is 0 Å². The first kappa shape index (κ1) is 8.39. The number of hydroxylamine groups is 2. The monoisotopic (exact) mass is 133 g/mol. The summed E-state index contributed by atoms with van der Waals surface area (Å²) >= 11 is 0. The van der Waals surface area contributed by atoms with Gasteiger partial charge in [-0.1, -0.05) is 0 Å². The van der Waals surface area contributed by atoms with Crippen LogP contribution in [0, 0.1) is 0 Å². The summed E-state index contributed by atoms with van der Waals surface area (Å²) in [6, 6.07) is 0. The van der Waals surface area contributed by atoms with Crippen LogP contribution in [0.4, 0.5) is 0 Å². The second-order valence-corrected chi connectivity index (χ2v) is 1.46. The van der Waals surface area contributed by atoms with Gasteiger partial charge in [0.15, 0.2) is 0 Å². The minimum atomic E-state index is -0.386. The Labute approximate surface area is 54.0 Å². The standard InChI is InChI=1S/C5H11NO3/c1-3-9-6(4-7)5(2)8/h7H,3-4H2,1-2H3. The van der Waals surface area contributed by atoms with Crippen LogP contribution in [0.2, 0.25) is 0 Å². The summed E-state index contributed by atoms with van der Waals surface area (Å²) in [5, 5.41) is 9.30. The van der Waals surface area contributed by atoms with Crippen molar-refractivity contribution in [3.8, 4) is 0 Å². The van der Waals surface area contributed by atoms with Crippen LogP contribution in [0.3, 0.4) is 0 Å². The highest BCUT2D eigenvalue weighted by Gasteiger charge is 2.04. The van der Waals surface area contributed by atoms with Crippen molar-refractivity contribution in [3.05, 3.63) is 0 Å². The maximum atomic E-state index is 10.4. The molecule has 0 radical (unpaired) electrons. The number of carbonyl (C=O) groups excluding carboxylic acids is 1. The van der Waals surface area contributed by atoms with Gasteiger partial charge in [0.25, 0.3) is 0 Å². The summed E-state index contributed by atoms with van der Waals surface area (Å²) in [6.45, 7) is 3.07. The highest BCUT2D eigenvalue weighted by Crippen LogP contribution is 1.87. The first-order valence-corrected chi connectivity index (χ1v) is 2.74. The summed E-state index contributed by atoms with van der Waals surface area (Å²) in [4.78, 5) is 15.1. The number of rotatable bonds is 3. The van der Waals surface area contributed by atoms with Gasteiger partial charge in [-0.2, -0.15) is 5.06 Å². The Hall–Kier alpha value is -0.610. The van der Waals surface area contributed by atoms with Gasteiger partial charge >= 0.3 is 0 Å². The molecule has 0 aromatic heterocycles. The van der Waals surface area contributed by atoms with Crippen molar-refractivity contribution in [2.75, 3.05) is 13.3 Å². The summed E-state index contributed by atoms with van der Waals surface area (Å²) in [5.41, 5.74) is 0. The van der Waals surface area contributed by atoms with Gasteiger partial charge < -0.3 is 5.11 Å². The molecule has 54 valence electrons. The predicted octanol–water partition coefficient (Wildman–Crippen LogP) is -0.264. The zero-order chi connectivity index (χ0) is 7.28. The molecule has 0 aromatic carbocycles. The third kappa shape index (κ3) is 3.05. The molecule has 0 fully saturated rings. The molecule has 4 heteroatoms. The molecule has 0 rings (SSSR count). The smallest absolute Gasteiger partial charge is 0.245 e. The third-order valence-corrected chi connectivity index (χ3v) is 0.765. The molecule has 9 heavy (non-hydrogen) atoms. The van der Waals surface area contributed by atoms with E-state index < -0.39 is 0 Å². The summed E-state index contributed by atoms with van der Waals surface area (Å²) in [7, 11) is 0. The van der Waals surface area contributed by atoms with Gasteiger partial charge in [0.2, 0.25) is 5.91 Å². The first-order valence-electron chi connectivity index (χ1n) is 2.74. The molecule has 0 aliphatic carbocycles. The van der Waals surface area contributed by atoms with E-state index in [1.54, 1.807) is 6.92 Å². The molecule has 4 nitrogen and oxygen atoms in total. The molecule has 0 saturated heterocycles. The first-order chi connectivity index (χ1) is 4.22. The number of amides is 1. The quantitative estimate of drug-likeness (QED) is 0.426. The fraction of sp³-hybridized carbons (Fsp3) is 0.800. The lowest BCUT2D eigenvalue weighted by Crippen LogP contribution is -2.29. The van der Waals surface area contributed by atoms with Gasteiger partial charge in [-0.05, 0) is 6.92 Å². The Morgan fingerprint density at radius 3 is 2.44 bits per heavy atom. The normalized spacial score (nSPS) is 9.22. The van der Waals surface area contributed by atoms with E-state index in [1.165, 1.54) is 6.92 Å². The van der Waals surface area contributed by atoms with Gasteiger partial charge in [-0.3, -0.25) is 9.63 Å². The molecular formula is C5H11NO3. The van der Waals surface area contributed by atoms with Crippen LogP contribution in [0.25, 0.3) is 0 Å². The maximum absolute atomic E-state index is 10.4. The number of aliphatic hydroxyl groups excluding tert-OH is 1. The molecule has 0 saturated carbocycles. The zero-order valence-electron chi connectivity index (χ0n) is 5.63. The van der Waals surface area contributed by atoms with E-state index in [9.17, 15) is 4.79 Å². The van der Waals surface area contributed by atoms with Crippen LogP contribution < -0.4 is 0 Å². The summed E-state index contributed by atoms with van der Waals surface area (Å²) < 4.78 is 0. The van der Waals surface area contributed by atoms with Gasteiger partial charge in [-0.25, -0.2) is 0 Å². The molecule has 0 atom stereocenters. The van der Waals surface area contributed by atoms with Crippen LogP contribution in [-0.2, 0) is 9.63 Å². The van der Waals surface area contributed by atoms with E-state index in [-0.39, 0.29) is 12.6 Å². The van der Waals surface area contributed by atoms with E-state index in [0.29, 0.717) is 6.61 Å². The van der Waals surface area contributed by atoms with Crippen molar-refractivity contribution >= 4 is 5.91 Å². The molecule has 0 bridgehead atoms. The van der Waals surface area contributed by atoms with Crippen LogP contribution >= 0.6 is 0 Å². The Bertz CT molecular complexity index is 94.2. The van der Waals surface area contributed by atoms with E-state index in [4.69, 9.17) is 5.11 Å². The van der Waals surface area contributed by atoms with Gasteiger partial charge in [0, 0.05) is 6.92 Å². The molecule has 1 N–H and O–H groups in total.